The van der Waals surface area contributed by atoms with E-state index in [1.165, 1.54) is 0 Å². The molecule has 0 fully saturated rings. The van der Waals surface area contributed by atoms with Crippen molar-refractivity contribution >= 4 is 5.97 Å². The molecule has 0 aliphatic rings. The number of hydrogen-bond acceptors (Lipinski definition) is 2. The Bertz CT molecular complexity index is 374. The third-order valence-corrected chi connectivity index (χ3v) is 2.79. The Morgan fingerprint density at radius 3 is 2.59 bits per heavy atom. The largest absolute Gasteiger partial charge is 0.481 e. The summed E-state index contributed by atoms with van der Waals surface area (Å²) in [6, 6.07) is 7.87. The highest BCUT2D eigenvalue weighted by Gasteiger charge is 2.12. The molecule has 0 heterocycles. The van der Waals surface area contributed by atoms with E-state index in [0.717, 1.165) is 17.5 Å². The van der Waals surface area contributed by atoms with E-state index in [2.05, 4.69) is 13.8 Å². The van der Waals surface area contributed by atoms with Crippen molar-refractivity contribution in [1.29, 1.82) is 0 Å². The van der Waals surface area contributed by atoms with Crippen molar-refractivity contribution in [3.05, 3.63) is 35.4 Å². The first-order valence-corrected chi connectivity index (χ1v) is 6.06. The summed E-state index contributed by atoms with van der Waals surface area (Å²) in [6.07, 6.45) is 1.63. The average Bonchev–Trinajstić information content (AvgIpc) is 2.25. The average molecular weight is 235 g/mol. The maximum atomic E-state index is 10.6. The third-order valence-electron chi connectivity index (χ3n) is 2.79. The van der Waals surface area contributed by atoms with Crippen LogP contribution >= 0.6 is 0 Å². The van der Waals surface area contributed by atoms with Crippen LogP contribution in [0.3, 0.4) is 0 Å². The van der Waals surface area contributed by atoms with Gasteiger partial charge in [0.2, 0.25) is 0 Å². The van der Waals surface area contributed by atoms with Gasteiger partial charge in [-0.15, -0.1) is 0 Å². The van der Waals surface area contributed by atoms with Crippen molar-refractivity contribution in [2.75, 3.05) is 0 Å². The van der Waals surface area contributed by atoms with Gasteiger partial charge in [-0.05, 0) is 29.9 Å². The standard InChI is InChI=1S/C14H21NO2/c1-10(2)9-13(15)12-6-4-3-5-11(12)7-8-14(16)17/h3-6,10,13H,7-9,15H2,1-2H3,(H,16,17). The molecule has 0 saturated heterocycles. The zero-order valence-corrected chi connectivity index (χ0v) is 10.5. The quantitative estimate of drug-likeness (QED) is 0.797. The first-order chi connectivity index (χ1) is 8.00. The van der Waals surface area contributed by atoms with Crippen LogP contribution in [0.2, 0.25) is 0 Å². The Morgan fingerprint density at radius 1 is 1.35 bits per heavy atom. The highest BCUT2D eigenvalue weighted by molar-refractivity contribution is 5.67. The number of benzene rings is 1. The number of carbonyl (C=O) groups is 1. The van der Waals surface area contributed by atoms with Crippen molar-refractivity contribution in [3.63, 3.8) is 0 Å². The summed E-state index contributed by atoms with van der Waals surface area (Å²) in [5.74, 6) is -0.227. The lowest BCUT2D eigenvalue weighted by atomic mass is 9.92. The summed E-state index contributed by atoms with van der Waals surface area (Å²) in [6.45, 7) is 4.28. The van der Waals surface area contributed by atoms with E-state index in [-0.39, 0.29) is 12.5 Å². The van der Waals surface area contributed by atoms with Gasteiger partial charge in [0.1, 0.15) is 0 Å². The van der Waals surface area contributed by atoms with Gasteiger partial charge in [-0.2, -0.15) is 0 Å². The SMILES string of the molecule is CC(C)CC(N)c1ccccc1CCC(=O)O. The lowest BCUT2D eigenvalue weighted by Crippen LogP contribution is -2.15. The number of rotatable bonds is 6. The topological polar surface area (TPSA) is 63.3 Å². The van der Waals surface area contributed by atoms with E-state index in [4.69, 9.17) is 10.8 Å². The maximum Gasteiger partial charge on any atom is 0.303 e. The van der Waals surface area contributed by atoms with Crippen molar-refractivity contribution < 1.29 is 9.90 Å². The number of carboxylic acid groups (broad SMARTS) is 1. The number of aliphatic carboxylic acids is 1. The minimum Gasteiger partial charge on any atom is -0.481 e. The highest BCUT2D eigenvalue weighted by atomic mass is 16.4. The molecule has 1 aromatic rings. The molecule has 1 atom stereocenters. The Balaban J connectivity index is 2.79. The lowest BCUT2D eigenvalue weighted by molar-refractivity contribution is -0.136. The monoisotopic (exact) mass is 235 g/mol. The molecule has 0 amide bonds. The molecule has 0 bridgehead atoms. The molecular formula is C14H21NO2. The van der Waals surface area contributed by atoms with Crippen molar-refractivity contribution in [1.82, 2.24) is 0 Å². The first kappa shape index (κ1) is 13.7. The van der Waals surface area contributed by atoms with Crippen LogP contribution in [0, 0.1) is 5.92 Å². The van der Waals surface area contributed by atoms with Crippen LogP contribution in [0.15, 0.2) is 24.3 Å². The fraction of sp³-hybridized carbons (Fsp3) is 0.500. The van der Waals surface area contributed by atoms with Crippen molar-refractivity contribution in [2.24, 2.45) is 11.7 Å². The molecule has 3 nitrogen and oxygen atoms in total. The fourth-order valence-electron chi connectivity index (χ4n) is 2.00. The van der Waals surface area contributed by atoms with Crippen LogP contribution < -0.4 is 5.73 Å². The Hall–Kier alpha value is -1.35. The predicted octanol–water partition coefficient (Wildman–Crippen LogP) is 2.75. The molecule has 3 heteroatoms. The normalized spacial score (nSPS) is 12.7. The second-order valence-corrected chi connectivity index (χ2v) is 4.83. The zero-order chi connectivity index (χ0) is 12.8. The van der Waals surface area contributed by atoms with Gasteiger partial charge >= 0.3 is 5.97 Å². The third kappa shape index (κ3) is 4.57. The molecule has 1 rings (SSSR count). The van der Waals surface area contributed by atoms with E-state index < -0.39 is 5.97 Å². The van der Waals surface area contributed by atoms with Crippen LogP contribution in [0.4, 0.5) is 0 Å². The predicted molar refractivity (Wildman–Crippen MR) is 68.8 cm³/mol. The molecule has 0 aliphatic heterocycles. The molecule has 1 unspecified atom stereocenters. The van der Waals surface area contributed by atoms with E-state index in [0.29, 0.717) is 12.3 Å². The van der Waals surface area contributed by atoms with Crippen LogP contribution in [-0.2, 0) is 11.2 Å². The minimum atomic E-state index is -0.766. The highest BCUT2D eigenvalue weighted by Crippen LogP contribution is 2.23. The molecule has 0 aromatic heterocycles. The van der Waals surface area contributed by atoms with Gasteiger partial charge in [0.25, 0.3) is 0 Å². The van der Waals surface area contributed by atoms with Gasteiger partial charge in [-0.1, -0.05) is 38.1 Å². The zero-order valence-electron chi connectivity index (χ0n) is 10.5. The smallest absolute Gasteiger partial charge is 0.303 e. The molecule has 0 saturated carbocycles. The van der Waals surface area contributed by atoms with Gasteiger partial charge in [0, 0.05) is 12.5 Å². The molecule has 0 aliphatic carbocycles. The van der Waals surface area contributed by atoms with Crippen molar-refractivity contribution in [3.8, 4) is 0 Å². The fourth-order valence-corrected chi connectivity index (χ4v) is 2.00. The summed E-state index contributed by atoms with van der Waals surface area (Å²) >= 11 is 0. The summed E-state index contributed by atoms with van der Waals surface area (Å²) < 4.78 is 0. The van der Waals surface area contributed by atoms with E-state index in [1.807, 2.05) is 24.3 Å². The van der Waals surface area contributed by atoms with E-state index in [1.54, 1.807) is 0 Å². The molecule has 1 aromatic carbocycles. The number of hydrogen-bond donors (Lipinski definition) is 2. The number of carboxylic acids is 1. The molecule has 17 heavy (non-hydrogen) atoms. The number of aryl methyl sites for hydroxylation is 1. The summed E-state index contributed by atoms with van der Waals surface area (Å²) in [7, 11) is 0. The second-order valence-electron chi connectivity index (χ2n) is 4.83. The summed E-state index contributed by atoms with van der Waals surface area (Å²) in [5, 5.41) is 8.72. The van der Waals surface area contributed by atoms with E-state index >= 15 is 0 Å². The molecule has 0 spiro atoms. The second kappa shape index (κ2) is 6.40. The van der Waals surface area contributed by atoms with Crippen molar-refractivity contribution in [2.45, 2.75) is 39.2 Å². The molecular weight excluding hydrogens is 214 g/mol. The Morgan fingerprint density at radius 2 is 2.00 bits per heavy atom. The van der Waals surface area contributed by atoms with Crippen LogP contribution in [0.25, 0.3) is 0 Å². The van der Waals surface area contributed by atoms with Crippen LogP contribution in [-0.4, -0.2) is 11.1 Å². The van der Waals surface area contributed by atoms with Gasteiger partial charge in [0.05, 0.1) is 0 Å². The lowest BCUT2D eigenvalue weighted by Gasteiger charge is -2.18. The van der Waals surface area contributed by atoms with Gasteiger partial charge in [0.15, 0.2) is 0 Å². The first-order valence-electron chi connectivity index (χ1n) is 6.06. The summed E-state index contributed by atoms with van der Waals surface area (Å²) in [5.41, 5.74) is 8.30. The molecule has 94 valence electrons. The van der Waals surface area contributed by atoms with Gasteiger partial charge in [-0.25, -0.2) is 0 Å². The number of nitrogens with two attached hydrogens (primary N) is 1. The summed E-state index contributed by atoms with van der Waals surface area (Å²) in [4.78, 5) is 10.6. The molecule has 3 N–H and O–H groups in total. The Kier molecular flexibility index (Phi) is 5.16. The van der Waals surface area contributed by atoms with Gasteiger partial charge in [-0.3, -0.25) is 4.79 Å². The van der Waals surface area contributed by atoms with Gasteiger partial charge < -0.3 is 10.8 Å². The minimum absolute atomic E-state index is 0.00000472. The van der Waals surface area contributed by atoms with Crippen LogP contribution in [0.5, 0.6) is 0 Å². The maximum absolute atomic E-state index is 10.6. The van der Waals surface area contributed by atoms with E-state index in [9.17, 15) is 4.79 Å². The van der Waals surface area contributed by atoms with Crippen LogP contribution in [0.1, 0.15) is 43.9 Å². The Labute approximate surface area is 103 Å². The molecule has 0 radical (unpaired) electrons.